The van der Waals surface area contributed by atoms with Crippen molar-refractivity contribution in [2.24, 2.45) is 0 Å². The van der Waals surface area contributed by atoms with Crippen LogP contribution in [0, 0.1) is 0 Å². The number of fused-ring (bicyclic) bond motifs is 1. The number of nitrogens with one attached hydrogen (secondary N) is 2. The van der Waals surface area contributed by atoms with Gasteiger partial charge in [0.25, 0.3) is 0 Å². The Bertz CT molecular complexity index is 1010. The molecule has 27 heavy (non-hydrogen) atoms. The number of benzene rings is 3. The number of hydrogen-bond donors (Lipinski definition) is 2. The van der Waals surface area contributed by atoms with Crippen molar-refractivity contribution >= 4 is 45.7 Å². The Labute approximate surface area is 162 Å². The van der Waals surface area contributed by atoms with Gasteiger partial charge < -0.3 is 15.4 Å². The molecule has 0 aliphatic rings. The number of para-hydroxylation sites is 1. The number of hydrogen-bond acceptors (Lipinski definition) is 4. The van der Waals surface area contributed by atoms with E-state index < -0.39 is 5.97 Å². The van der Waals surface area contributed by atoms with Gasteiger partial charge in [0, 0.05) is 0 Å². The van der Waals surface area contributed by atoms with E-state index in [-0.39, 0.29) is 17.4 Å². The minimum atomic E-state index is -0.483. The second-order valence-electron chi connectivity index (χ2n) is 5.85. The van der Waals surface area contributed by atoms with Crippen LogP contribution in [0.5, 0.6) is 0 Å². The molecule has 3 aromatic carbocycles. The zero-order valence-electron chi connectivity index (χ0n) is 14.7. The van der Waals surface area contributed by atoms with E-state index in [4.69, 9.17) is 17.0 Å². The topological polar surface area (TPSA) is 67.4 Å². The Morgan fingerprint density at radius 2 is 1.67 bits per heavy atom. The number of ether oxygens (including phenoxy) is 1. The van der Waals surface area contributed by atoms with Crippen molar-refractivity contribution in [3.8, 4) is 0 Å². The molecule has 0 saturated carbocycles. The highest BCUT2D eigenvalue weighted by Gasteiger charge is 2.13. The van der Waals surface area contributed by atoms with Crippen LogP contribution in [0.15, 0.2) is 66.7 Å². The summed E-state index contributed by atoms with van der Waals surface area (Å²) in [4.78, 5) is 24.2. The van der Waals surface area contributed by atoms with Crippen LogP contribution < -0.4 is 10.6 Å². The maximum absolute atomic E-state index is 12.4. The SMILES string of the molecule is COC(=O)c1ccccc1NC(=S)NC(=O)Cc1cccc2ccccc12. The lowest BCUT2D eigenvalue weighted by atomic mass is 10.0. The van der Waals surface area contributed by atoms with Crippen molar-refractivity contribution in [3.63, 3.8) is 0 Å². The molecule has 1 amide bonds. The minimum absolute atomic E-state index is 0.122. The molecule has 0 aliphatic carbocycles. The Balaban J connectivity index is 1.68. The molecule has 0 unspecified atom stereocenters. The zero-order valence-corrected chi connectivity index (χ0v) is 15.5. The smallest absolute Gasteiger partial charge is 0.339 e. The van der Waals surface area contributed by atoms with Gasteiger partial charge in [0.2, 0.25) is 5.91 Å². The normalized spacial score (nSPS) is 10.3. The summed E-state index contributed by atoms with van der Waals surface area (Å²) >= 11 is 5.21. The number of esters is 1. The van der Waals surface area contributed by atoms with Gasteiger partial charge in [-0.15, -0.1) is 0 Å². The van der Waals surface area contributed by atoms with E-state index in [1.807, 2.05) is 42.5 Å². The molecule has 0 saturated heterocycles. The van der Waals surface area contributed by atoms with Crippen molar-refractivity contribution in [1.29, 1.82) is 0 Å². The first-order valence-corrected chi connectivity index (χ1v) is 8.74. The maximum atomic E-state index is 12.4. The molecule has 0 aromatic heterocycles. The molecule has 3 aromatic rings. The third-order valence-corrected chi connectivity index (χ3v) is 4.27. The Kier molecular flexibility index (Phi) is 5.78. The first-order chi connectivity index (χ1) is 13.1. The molecule has 0 aliphatic heterocycles. The lowest BCUT2D eigenvalue weighted by Crippen LogP contribution is -2.35. The van der Waals surface area contributed by atoms with Crippen LogP contribution in [-0.4, -0.2) is 24.1 Å². The molecule has 0 radical (unpaired) electrons. The molecular weight excluding hydrogens is 360 g/mol. The lowest BCUT2D eigenvalue weighted by molar-refractivity contribution is -0.119. The van der Waals surface area contributed by atoms with Gasteiger partial charge >= 0.3 is 5.97 Å². The standard InChI is InChI=1S/C21H18N2O3S/c1-26-20(25)17-11-4-5-12-18(17)22-21(27)23-19(24)13-15-9-6-8-14-7-2-3-10-16(14)15/h2-12H,13H2,1H3,(H2,22,23,24,27). The highest BCUT2D eigenvalue weighted by molar-refractivity contribution is 7.80. The highest BCUT2D eigenvalue weighted by atomic mass is 32.1. The number of anilines is 1. The number of methoxy groups -OCH3 is 1. The molecule has 0 atom stereocenters. The number of carbonyl (C=O) groups excluding carboxylic acids is 2. The molecule has 2 N–H and O–H groups in total. The fourth-order valence-electron chi connectivity index (χ4n) is 2.82. The van der Waals surface area contributed by atoms with Gasteiger partial charge in [-0.1, -0.05) is 54.6 Å². The van der Waals surface area contributed by atoms with Crippen LogP contribution in [0.3, 0.4) is 0 Å². The molecule has 136 valence electrons. The van der Waals surface area contributed by atoms with Crippen LogP contribution in [0.2, 0.25) is 0 Å². The quantitative estimate of drug-likeness (QED) is 0.535. The van der Waals surface area contributed by atoms with E-state index in [1.54, 1.807) is 24.3 Å². The summed E-state index contributed by atoms with van der Waals surface area (Å²) in [5.41, 5.74) is 1.73. The molecule has 0 fully saturated rings. The third kappa shape index (κ3) is 4.48. The number of amides is 1. The van der Waals surface area contributed by atoms with Crippen LogP contribution in [-0.2, 0) is 16.0 Å². The molecule has 3 rings (SSSR count). The summed E-state index contributed by atoms with van der Waals surface area (Å²) in [6, 6.07) is 20.5. The molecule has 5 nitrogen and oxygen atoms in total. The van der Waals surface area contributed by atoms with Gasteiger partial charge in [0.15, 0.2) is 5.11 Å². The second-order valence-corrected chi connectivity index (χ2v) is 6.26. The van der Waals surface area contributed by atoms with Crippen molar-refractivity contribution in [3.05, 3.63) is 77.9 Å². The van der Waals surface area contributed by atoms with E-state index in [0.717, 1.165) is 16.3 Å². The van der Waals surface area contributed by atoms with E-state index in [0.29, 0.717) is 11.3 Å². The zero-order chi connectivity index (χ0) is 19.2. The Morgan fingerprint density at radius 3 is 2.48 bits per heavy atom. The van der Waals surface area contributed by atoms with Crippen molar-refractivity contribution < 1.29 is 14.3 Å². The molecule has 0 heterocycles. The average molecular weight is 378 g/mol. The fourth-order valence-corrected chi connectivity index (χ4v) is 3.05. The maximum Gasteiger partial charge on any atom is 0.339 e. The number of carbonyl (C=O) groups is 2. The van der Waals surface area contributed by atoms with E-state index in [2.05, 4.69) is 10.6 Å². The lowest BCUT2D eigenvalue weighted by Gasteiger charge is -2.13. The Hall–Kier alpha value is -3.25. The third-order valence-electron chi connectivity index (χ3n) is 4.06. The first kappa shape index (κ1) is 18.5. The van der Waals surface area contributed by atoms with Gasteiger partial charge in [-0.05, 0) is 40.7 Å². The highest BCUT2D eigenvalue weighted by Crippen LogP contribution is 2.19. The molecular formula is C21H18N2O3S. The predicted molar refractivity (Wildman–Crippen MR) is 110 cm³/mol. The minimum Gasteiger partial charge on any atom is -0.465 e. The Morgan fingerprint density at radius 1 is 0.963 bits per heavy atom. The molecule has 6 heteroatoms. The van der Waals surface area contributed by atoms with Gasteiger partial charge in [0.1, 0.15) is 0 Å². The van der Waals surface area contributed by atoms with Gasteiger partial charge in [0.05, 0.1) is 24.8 Å². The predicted octanol–water partition coefficient (Wildman–Crippen LogP) is 3.68. The number of rotatable bonds is 4. The van der Waals surface area contributed by atoms with Crippen molar-refractivity contribution in [2.45, 2.75) is 6.42 Å². The summed E-state index contributed by atoms with van der Waals surface area (Å²) in [5, 5.41) is 7.77. The van der Waals surface area contributed by atoms with Gasteiger partial charge in [-0.2, -0.15) is 0 Å². The molecule has 0 bridgehead atoms. The summed E-state index contributed by atoms with van der Waals surface area (Å²) in [5.74, 6) is -0.720. The van der Waals surface area contributed by atoms with Crippen LogP contribution >= 0.6 is 12.2 Å². The number of thiocarbonyl (C=S) groups is 1. The summed E-state index contributed by atoms with van der Waals surface area (Å²) in [7, 11) is 1.31. The molecule has 0 spiro atoms. The fraction of sp³-hybridized carbons (Fsp3) is 0.0952. The summed E-state index contributed by atoms with van der Waals surface area (Å²) < 4.78 is 4.75. The van der Waals surface area contributed by atoms with Crippen molar-refractivity contribution in [1.82, 2.24) is 5.32 Å². The average Bonchev–Trinajstić information content (AvgIpc) is 2.68. The monoisotopic (exact) mass is 378 g/mol. The van der Waals surface area contributed by atoms with E-state index in [9.17, 15) is 9.59 Å². The van der Waals surface area contributed by atoms with Crippen LogP contribution in [0.1, 0.15) is 15.9 Å². The van der Waals surface area contributed by atoms with E-state index >= 15 is 0 Å². The van der Waals surface area contributed by atoms with Gasteiger partial charge in [-0.3, -0.25) is 4.79 Å². The van der Waals surface area contributed by atoms with Crippen molar-refractivity contribution in [2.75, 3.05) is 12.4 Å². The van der Waals surface area contributed by atoms with Crippen LogP contribution in [0.4, 0.5) is 5.69 Å². The summed E-state index contributed by atoms with van der Waals surface area (Å²) in [6.07, 6.45) is 0.196. The van der Waals surface area contributed by atoms with Gasteiger partial charge in [-0.25, -0.2) is 4.79 Å². The van der Waals surface area contributed by atoms with Crippen LogP contribution in [0.25, 0.3) is 10.8 Å². The largest absolute Gasteiger partial charge is 0.465 e. The van der Waals surface area contributed by atoms with E-state index in [1.165, 1.54) is 7.11 Å². The first-order valence-electron chi connectivity index (χ1n) is 8.33. The second kappa shape index (κ2) is 8.42. The summed E-state index contributed by atoms with van der Waals surface area (Å²) in [6.45, 7) is 0.